The minimum Gasteiger partial charge on any atom is -0.481 e. The minimum atomic E-state index is -4.75. The molecule has 1 unspecified atom stereocenters. The highest BCUT2D eigenvalue weighted by atomic mass is 19.4. The summed E-state index contributed by atoms with van der Waals surface area (Å²) in [7, 11) is 2.71. The zero-order valence-corrected chi connectivity index (χ0v) is 16.3. The van der Waals surface area contributed by atoms with Crippen molar-refractivity contribution in [3.63, 3.8) is 0 Å². The van der Waals surface area contributed by atoms with E-state index in [1.54, 1.807) is 23.0 Å². The van der Waals surface area contributed by atoms with Crippen molar-refractivity contribution >= 4 is 11.6 Å². The molecule has 1 aliphatic rings. The van der Waals surface area contributed by atoms with Crippen molar-refractivity contribution < 1.29 is 22.7 Å². The average molecular weight is 423 g/mol. The lowest BCUT2D eigenvalue weighted by atomic mass is 10.1. The van der Waals surface area contributed by atoms with Crippen molar-refractivity contribution in [2.45, 2.75) is 31.6 Å². The van der Waals surface area contributed by atoms with Crippen LogP contribution < -0.4 is 15.8 Å². The lowest BCUT2D eigenvalue weighted by Gasteiger charge is -2.23. The predicted octanol–water partition coefficient (Wildman–Crippen LogP) is 1.78. The number of rotatable bonds is 5. The maximum atomic E-state index is 12.7. The fraction of sp³-hybridized carbons (Fsp3) is 0.389. The molecule has 1 aliphatic heterocycles. The molecule has 0 aliphatic carbocycles. The van der Waals surface area contributed by atoms with Gasteiger partial charge in [-0.1, -0.05) is 0 Å². The molecule has 0 radical (unpaired) electrons. The highest BCUT2D eigenvalue weighted by molar-refractivity contribution is 6.43. The van der Waals surface area contributed by atoms with Gasteiger partial charge in [-0.25, -0.2) is 14.6 Å². The van der Waals surface area contributed by atoms with E-state index < -0.39 is 29.5 Å². The number of aliphatic imine (C=N–C) groups is 1. The summed E-state index contributed by atoms with van der Waals surface area (Å²) in [5, 5.41) is 7.13. The number of carbonyl (C=O) groups is 1. The van der Waals surface area contributed by atoms with Gasteiger partial charge in [0.05, 0.1) is 13.2 Å². The first-order valence-corrected chi connectivity index (χ1v) is 9.00. The normalized spacial score (nSPS) is 17.4. The molecule has 3 heterocycles. The van der Waals surface area contributed by atoms with Crippen molar-refractivity contribution in [3.05, 3.63) is 35.9 Å². The van der Waals surface area contributed by atoms with Crippen LogP contribution in [0.5, 0.6) is 5.88 Å². The maximum absolute atomic E-state index is 12.7. The number of amides is 1. The van der Waals surface area contributed by atoms with E-state index in [9.17, 15) is 18.0 Å². The summed E-state index contributed by atoms with van der Waals surface area (Å²) < 4.78 is 44.8. The predicted molar refractivity (Wildman–Crippen MR) is 102 cm³/mol. The summed E-state index contributed by atoms with van der Waals surface area (Å²) in [6.07, 6.45) is -1.41. The molecule has 1 atom stereocenters. The van der Waals surface area contributed by atoms with Crippen LogP contribution >= 0.6 is 0 Å². The third-order valence-electron chi connectivity index (χ3n) is 4.48. The molecule has 0 spiro atoms. The van der Waals surface area contributed by atoms with Crippen LogP contribution in [0.3, 0.4) is 0 Å². The van der Waals surface area contributed by atoms with Crippen molar-refractivity contribution in [3.8, 4) is 17.3 Å². The van der Waals surface area contributed by atoms with Gasteiger partial charge in [-0.2, -0.15) is 18.3 Å². The number of aryl methyl sites for hydroxylation is 1. The Morgan fingerprint density at radius 2 is 2.23 bits per heavy atom. The number of pyridine rings is 1. The van der Waals surface area contributed by atoms with E-state index >= 15 is 0 Å². The number of nitrogens with one attached hydrogen (secondary N) is 1. The molecule has 0 aromatic carbocycles. The van der Waals surface area contributed by atoms with E-state index in [2.05, 4.69) is 25.4 Å². The molecule has 160 valence electrons. The van der Waals surface area contributed by atoms with Crippen LogP contribution in [0.15, 0.2) is 35.1 Å². The van der Waals surface area contributed by atoms with Gasteiger partial charge in [-0.15, -0.1) is 0 Å². The average Bonchev–Trinajstić information content (AvgIpc) is 3.16. The van der Waals surface area contributed by atoms with Gasteiger partial charge in [0.1, 0.15) is 17.2 Å². The third kappa shape index (κ3) is 4.58. The summed E-state index contributed by atoms with van der Waals surface area (Å²) in [5.41, 5.74) is 3.85. The van der Waals surface area contributed by atoms with Crippen LogP contribution in [-0.4, -0.2) is 51.7 Å². The molecular formula is C18H20F3N7O2. The molecule has 1 amide bonds. The molecule has 3 rings (SSSR count). The SMILES string of the molecule is CN=C(/C=C(\N)C(F)(F)F)C(=O)NC1CCCn2nc(-c3ccnc(OC)c3)nc21. The molecule has 3 N–H and O–H groups in total. The number of nitrogens with two attached hydrogens (primary N) is 1. The Hall–Kier alpha value is -3.44. The third-order valence-corrected chi connectivity index (χ3v) is 4.48. The molecule has 0 saturated heterocycles. The van der Waals surface area contributed by atoms with E-state index in [4.69, 9.17) is 10.5 Å². The molecule has 0 saturated carbocycles. The number of ether oxygens (including phenoxy) is 1. The monoisotopic (exact) mass is 423 g/mol. The second kappa shape index (κ2) is 8.51. The van der Waals surface area contributed by atoms with Crippen LogP contribution in [0, 0.1) is 0 Å². The lowest BCUT2D eigenvalue weighted by Crippen LogP contribution is -2.37. The maximum Gasteiger partial charge on any atom is 0.430 e. The zero-order valence-electron chi connectivity index (χ0n) is 16.3. The van der Waals surface area contributed by atoms with Crippen LogP contribution in [-0.2, 0) is 11.3 Å². The van der Waals surface area contributed by atoms with E-state index in [-0.39, 0.29) is 0 Å². The van der Waals surface area contributed by atoms with Gasteiger partial charge >= 0.3 is 6.18 Å². The molecule has 0 fully saturated rings. The van der Waals surface area contributed by atoms with Gasteiger partial charge < -0.3 is 15.8 Å². The number of hydrogen-bond donors (Lipinski definition) is 2. The van der Waals surface area contributed by atoms with E-state index in [1.807, 2.05) is 0 Å². The van der Waals surface area contributed by atoms with Crippen molar-refractivity contribution in [1.29, 1.82) is 0 Å². The number of aromatic nitrogens is 4. The standard InChI is InChI=1S/C18H20F3N7O2/c1-23-12(9-13(22)18(19,20)21)17(29)25-11-4-3-7-28-16(11)26-15(27-28)10-5-6-24-14(8-10)30-2/h5-6,8-9,11H,3-4,7,22H2,1-2H3,(H,25,29)/b13-9-,23-12?. The number of halogens is 3. The van der Waals surface area contributed by atoms with Gasteiger partial charge in [-0.05, 0) is 25.0 Å². The van der Waals surface area contributed by atoms with Crippen molar-refractivity contribution in [2.24, 2.45) is 10.7 Å². The van der Waals surface area contributed by atoms with Gasteiger partial charge in [0.2, 0.25) is 5.88 Å². The first kappa shape index (κ1) is 21.3. The number of carbonyl (C=O) groups excluding carboxylic acids is 1. The second-order valence-electron chi connectivity index (χ2n) is 6.48. The van der Waals surface area contributed by atoms with E-state index in [1.165, 1.54) is 14.2 Å². The van der Waals surface area contributed by atoms with Crippen molar-refractivity contribution in [1.82, 2.24) is 25.1 Å². The quantitative estimate of drug-likeness (QED) is 0.708. The highest BCUT2D eigenvalue weighted by Crippen LogP contribution is 2.27. The largest absolute Gasteiger partial charge is 0.481 e. The highest BCUT2D eigenvalue weighted by Gasteiger charge is 2.33. The Bertz CT molecular complexity index is 998. The summed E-state index contributed by atoms with van der Waals surface area (Å²) in [6.45, 7) is 0.604. The Morgan fingerprint density at radius 3 is 2.90 bits per heavy atom. The van der Waals surface area contributed by atoms with Gasteiger partial charge in [0.15, 0.2) is 5.82 Å². The number of nitrogens with zero attached hydrogens (tertiary/aromatic N) is 5. The fourth-order valence-corrected chi connectivity index (χ4v) is 2.96. The Morgan fingerprint density at radius 1 is 1.47 bits per heavy atom. The number of fused-ring (bicyclic) bond motifs is 1. The van der Waals surface area contributed by atoms with Crippen LogP contribution in [0.4, 0.5) is 13.2 Å². The van der Waals surface area contributed by atoms with Gasteiger partial charge in [0, 0.05) is 31.4 Å². The Kier molecular flexibility index (Phi) is 6.04. The topological polar surface area (TPSA) is 120 Å². The van der Waals surface area contributed by atoms with Gasteiger partial charge in [-0.3, -0.25) is 9.79 Å². The number of allylic oxidation sites excluding steroid dienone is 1. The summed E-state index contributed by atoms with van der Waals surface area (Å²) in [5.74, 6) is 0.558. The van der Waals surface area contributed by atoms with Gasteiger partial charge in [0.25, 0.3) is 5.91 Å². The Labute approximate surface area is 169 Å². The first-order valence-electron chi connectivity index (χ1n) is 9.00. The molecule has 12 heteroatoms. The molecule has 2 aromatic heterocycles. The summed E-state index contributed by atoms with van der Waals surface area (Å²) >= 11 is 0. The first-order chi connectivity index (χ1) is 14.2. The molecule has 0 bridgehead atoms. The molecular weight excluding hydrogens is 403 g/mol. The van der Waals surface area contributed by atoms with Crippen LogP contribution in [0.1, 0.15) is 24.7 Å². The van der Waals surface area contributed by atoms with Crippen LogP contribution in [0.25, 0.3) is 11.4 Å². The van der Waals surface area contributed by atoms with E-state index in [0.29, 0.717) is 48.6 Å². The second-order valence-corrected chi connectivity index (χ2v) is 6.48. The number of methoxy groups -OCH3 is 1. The molecule has 30 heavy (non-hydrogen) atoms. The van der Waals surface area contributed by atoms with Crippen LogP contribution in [0.2, 0.25) is 0 Å². The zero-order chi connectivity index (χ0) is 21.9. The number of alkyl halides is 3. The summed E-state index contributed by atoms with van der Waals surface area (Å²) in [6, 6.07) is 2.87. The minimum absolute atomic E-state index is 0.406. The lowest BCUT2D eigenvalue weighted by molar-refractivity contribution is -0.115. The molecule has 9 nitrogen and oxygen atoms in total. The fourth-order valence-electron chi connectivity index (χ4n) is 2.96. The smallest absolute Gasteiger partial charge is 0.430 e. The number of hydrogen-bond acceptors (Lipinski definition) is 7. The molecule has 2 aromatic rings. The van der Waals surface area contributed by atoms with Crippen molar-refractivity contribution in [2.75, 3.05) is 14.2 Å². The summed E-state index contributed by atoms with van der Waals surface area (Å²) in [4.78, 5) is 24.7. The Balaban J connectivity index is 1.83. The van der Waals surface area contributed by atoms with E-state index in [0.717, 1.165) is 0 Å².